The summed E-state index contributed by atoms with van der Waals surface area (Å²) in [6, 6.07) is 0. The summed E-state index contributed by atoms with van der Waals surface area (Å²) in [7, 11) is -3.16. The Labute approximate surface area is 128 Å². The van der Waals surface area contributed by atoms with E-state index in [0.29, 0.717) is 32.6 Å². The molecule has 1 aromatic heterocycles. The molecule has 2 aliphatic heterocycles. The van der Waals surface area contributed by atoms with Crippen LogP contribution in [0.3, 0.4) is 0 Å². The Kier molecular flexibility index (Phi) is 3.58. The standard InChI is InChI=1S/C13H19N3O3S2/c1-10-14-11(7-20-10)6-15-8-13(5-12(15)17)3-4-16(9-13)21(2,18)19/h7H,3-6,8-9H2,1-2H3/t13-/m0/s1. The summed E-state index contributed by atoms with van der Waals surface area (Å²) in [6.07, 6.45) is 2.44. The number of amides is 1. The molecule has 0 unspecified atom stereocenters. The summed E-state index contributed by atoms with van der Waals surface area (Å²) in [4.78, 5) is 18.5. The second-order valence-corrected chi connectivity index (χ2v) is 9.18. The van der Waals surface area contributed by atoms with E-state index in [9.17, 15) is 13.2 Å². The molecule has 8 heteroatoms. The minimum atomic E-state index is -3.16. The summed E-state index contributed by atoms with van der Waals surface area (Å²) in [6.45, 7) is 4.10. The van der Waals surface area contributed by atoms with Gasteiger partial charge in [0.15, 0.2) is 0 Å². The molecule has 0 bridgehead atoms. The fraction of sp³-hybridized carbons (Fsp3) is 0.692. The number of carbonyl (C=O) groups excluding carboxylic acids is 1. The predicted octanol–water partition coefficient (Wildman–Crippen LogP) is 0.836. The number of likely N-dealkylation sites (tertiary alicyclic amines) is 1. The van der Waals surface area contributed by atoms with Gasteiger partial charge in [0.2, 0.25) is 15.9 Å². The Morgan fingerprint density at radius 3 is 2.76 bits per heavy atom. The van der Waals surface area contributed by atoms with Crippen molar-refractivity contribution < 1.29 is 13.2 Å². The number of sulfonamides is 1. The summed E-state index contributed by atoms with van der Waals surface area (Å²) >= 11 is 1.58. The van der Waals surface area contributed by atoms with E-state index < -0.39 is 10.0 Å². The Balaban J connectivity index is 1.70. The zero-order chi connectivity index (χ0) is 15.3. The molecule has 2 saturated heterocycles. The van der Waals surface area contributed by atoms with Gasteiger partial charge in [0.25, 0.3) is 0 Å². The van der Waals surface area contributed by atoms with Crippen LogP contribution in [0.2, 0.25) is 0 Å². The maximum Gasteiger partial charge on any atom is 0.223 e. The van der Waals surface area contributed by atoms with Crippen molar-refractivity contribution in [3.8, 4) is 0 Å². The SMILES string of the molecule is Cc1nc(CN2C[C@]3(CCN(S(C)(=O)=O)C3)CC2=O)cs1. The van der Waals surface area contributed by atoms with Gasteiger partial charge in [0, 0.05) is 36.9 Å². The fourth-order valence-corrected chi connectivity index (χ4v) is 4.79. The summed E-state index contributed by atoms with van der Waals surface area (Å²) in [5.74, 6) is 0.107. The second-order valence-electron chi connectivity index (χ2n) is 6.13. The van der Waals surface area contributed by atoms with Crippen LogP contribution < -0.4 is 0 Å². The van der Waals surface area contributed by atoms with Crippen LogP contribution >= 0.6 is 11.3 Å². The molecular weight excluding hydrogens is 310 g/mol. The van der Waals surface area contributed by atoms with E-state index in [0.717, 1.165) is 17.1 Å². The minimum Gasteiger partial charge on any atom is -0.336 e. The lowest BCUT2D eigenvalue weighted by Gasteiger charge is -2.23. The first-order valence-electron chi connectivity index (χ1n) is 6.91. The van der Waals surface area contributed by atoms with Crippen LogP contribution in [0, 0.1) is 12.3 Å². The number of thiazole rings is 1. The van der Waals surface area contributed by atoms with Crippen molar-refractivity contribution in [3.63, 3.8) is 0 Å². The number of carbonyl (C=O) groups is 1. The van der Waals surface area contributed by atoms with E-state index in [-0.39, 0.29) is 11.3 Å². The van der Waals surface area contributed by atoms with Gasteiger partial charge in [-0.15, -0.1) is 11.3 Å². The van der Waals surface area contributed by atoms with Crippen molar-refractivity contribution in [3.05, 3.63) is 16.1 Å². The summed E-state index contributed by atoms with van der Waals surface area (Å²) in [5.41, 5.74) is 0.714. The lowest BCUT2D eigenvalue weighted by molar-refractivity contribution is -0.128. The predicted molar refractivity (Wildman–Crippen MR) is 80.4 cm³/mol. The summed E-state index contributed by atoms with van der Waals surface area (Å²) in [5, 5.41) is 2.97. The first kappa shape index (κ1) is 14.9. The molecule has 116 valence electrons. The number of aryl methyl sites for hydroxylation is 1. The Bertz CT molecular complexity index is 670. The molecule has 2 aliphatic rings. The molecule has 0 aliphatic carbocycles. The number of hydrogen-bond donors (Lipinski definition) is 0. The molecular formula is C13H19N3O3S2. The van der Waals surface area contributed by atoms with Gasteiger partial charge in [-0.2, -0.15) is 0 Å². The third kappa shape index (κ3) is 2.97. The first-order valence-corrected chi connectivity index (χ1v) is 9.64. The van der Waals surface area contributed by atoms with E-state index in [2.05, 4.69) is 4.98 Å². The van der Waals surface area contributed by atoms with Gasteiger partial charge in [0.1, 0.15) is 0 Å². The molecule has 1 aromatic rings. The topological polar surface area (TPSA) is 70.6 Å². The minimum absolute atomic E-state index is 0.107. The molecule has 1 amide bonds. The van der Waals surface area contributed by atoms with Crippen LogP contribution in [-0.4, -0.2) is 54.4 Å². The van der Waals surface area contributed by atoms with Crippen molar-refractivity contribution in [2.24, 2.45) is 5.41 Å². The Morgan fingerprint density at radius 2 is 2.19 bits per heavy atom. The number of hydrogen-bond acceptors (Lipinski definition) is 5. The number of aromatic nitrogens is 1. The Hall–Kier alpha value is -0.990. The highest BCUT2D eigenvalue weighted by Gasteiger charge is 2.49. The summed E-state index contributed by atoms with van der Waals surface area (Å²) < 4.78 is 24.8. The number of nitrogens with zero attached hydrogens (tertiary/aromatic N) is 3. The van der Waals surface area contributed by atoms with Gasteiger partial charge in [-0.25, -0.2) is 17.7 Å². The zero-order valence-corrected chi connectivity index (χ0v) is 13.8. The lowest BCUT2D eigenvalue weighted by Crippen LogP contribution is -2.33. The normalized spacial score (nSPS) is 27.1. The van der Waals surface area contributed by atoms with Crippen LogP contribution in [0.4, 0.5) is 0 Å². The fourth-order valence-electron chi connectivity index (χ4n) is 3.25. The van der Waals surface area contributed by atoms with Gasteiger partial charge < -0.3 is 4.90 Å². The molecule has 2 fully saturated rings. The second kappa shape index (κ2) is 5.03. The molecule has 3 rings (SSSR count). The highest BCUT2D eigenvalue weighted by atomic mass is 32.2. The molecule has 1 atom stereocenters. The quantitative estimate of drug-likeness (QED) is 0.824. The van der Waals surface area contributed by atoms with Crippen molar-refractivity contribution >= 4 is 27.3 Å². The van der Waals surface area contributed by atoms with Gasteiger partial charge in [-0.1, -0.05) is 0 Å². The molecule has 0 saturated carbocycles. The van der Waals surface area contributed by atoms with Crippen LogP contribution in [-0.2, 0) is 21.4 Å². The van der Waals surface area contributed by atoms with Crippen molar-refractivity contribution in [2.45, 2.75) is 26.3 Å². The van der Waals surface area contributed by atoms with Crippen molar-refractivity contribution in [1.29, 1.82) is 0 Å². The maximum atomic E-state index is 12.2. The molecule has 0 radical (unpaired) electrons. The number of rotatable bonds is 3. The van der Waals surface area contributed by atoms with E-state index in [1.807, 2.05) is 17.2 Å². The average Bonchev–Trinajstić information content (AvgIpc) is 3.02. The largest absolute Gasteiger partial charge is 0.336 e. The highest BCUT2D eigenvalue weighted by molar-refractivity contribution is 7.88. The third-order valence-corrected chi connectivity index (χ3v) is 6.37. The van der Waals surface area contributed by atoms with E-state index in [4.69, 9.17) is 0 Å². The van der Waals surface area contributed by atoms with Crippen molar-refractivity contribution in [2.75, 3.05) is 25.9 Å². The monoisotopic (exact) mass is 329 g/mol. The van der Waals surface area contributed by atoms with Gasteiger partial charge in [0.05, 0.1) is 23.5 Å². The molecule has 1 spiro atoms. The van der Waals surface area contributed by atoms with Crippen LogP contribution in [0.25, 0.3) is 0 Å². The molecule has 0 aromatic carbocycles. The van der Waals surface area contributed by atoms with Gasteiger partial charge >= 0.3 is 0 Å². The lowest BCUT2D eigenvalue weighted by atomic mass is 9.86. The molecule has 6 nitrogen and oxygen atoms in total. The smallest absolute Gasteiger partial charge is 0.223 e. The Morgan fingerprint density at radius 1 is 1.43 bits per heavy atom. The van der Waals surface area contributed by atoms with Gasteiger partial charge in [-0.3, -0.25) is 4.79 Å². The van der Waals surface area contributed by atoms with E-state index in [1.165, 1.54) is 10.6 Å². The van der Waals surface area contributed by atoms with Crippen LogP contribution in [0.1, 0.15) is 23.5 Å². The zero-order valence-electron chi connectivity index (χ0n) is 12.2. The highest BCUT2D eigenvalue weighted by Crippen LogP contribution is 2.41. The van der Waals surface area contributed by atoms with Crippen molar-refractivity contribution in [1.82, 2.24) is 14.2 Å². The van der Waals surface area contributed by atoms with Crippen LogP contribution in [0.5, 0.6) is 0 Å². The molecule has 21 heavy (non-hydrogen) atoms. The molecule has 3 heterocycles. The van der Waals surface area contributed by atoms with Gasteiger partial charge in [-0.05, 0) is 13.3 Å². The van der Waals surface area contributed by atoms with E-state index >= 15 is 0 Å². The van der Waals surface area contributed by atoms with E-state index in [1.54, 1.807) is 11.3 Å². The maximum absolute atomic E-state index is 12.2. The first-order chi connectivity index (χ1) is 9.77. The molecule has 0 N–H and O–H groups in total. The van der Waals surface area contributed by atoms with Crippen LogP contribution in [0.15, 0.2) is 5.38 Å². The third-order valence-electron chi connectivity index (χ3n) is 4.30. The average molecular weight is 329 g/mol.